The summed E-state index contributed by atoms with van der Waals surface area (Å²) in [7, 11) is 0. The maximum Gasteiger partial charge on any atom is 0.265 e. The van der Waals surface area contributed by atoms with Gasteiger partial charge in [-0.2, -0.15) is 5.10 Å². The second kappa shape index (κ2) is 9.73. The van der Waals surface area contributed by atoms with Crippen molar-refractivity contribution in [1.82, 2.24) is 15.0 Å². The van der Waals surface area contributed by atoms with Crippen LogP contribution in [0.3, 0.4) is 0 Å². The molecule has 0 saturated heterocycles. The number of rotatable bonds is 6. The van der Waals surface area contributed by atoms with Crippen molar-refractivity contribution in [3.8, 4) is 11.6 Å². The molecule has 0 atom stereocenters. The molecule has 0 aliphatic carbocycles. The van der Waals surface area contributed by atoms with Gasteiger partial charge in [0, 0.05) is 10.8 Å². The average molecular weight is 501 g/mol. The van der Waals surface area contributed by atoms with Crippen molar-refractivity contribution in [2.75, 3.05) is 5.75 Å². The maximum absolute atomic E-state index is 13.1. The van der Waals surface area contributed by atoms with Crippen LogP contribution in [-0.2, 0) is 4.79 Å². The fourth-order valence-electron chi connectivity index (χ4n) is 3.66. The SMILES string of the molecule is Cc1ccc(-n2c(O)c(C=NNC(=O)CSc3nc4ccccc4s3)c3ccccc3c2=O)cc1. The zero-order chi connectivity index (χ0) is 24.4. The van der Waals surface area contributed by atoms with Gasteiger partial charge in [-0.25, -0.2) is 15.0 Å². The minimum Gasteiger partial charge on any atom is -0.494 e. The third kappa shape index (κ3) is 4.68. The number of aromatic nitrogens is 2. The van der Waals surface area contributed by atoms with Crippen molar-refractivity contribution in [2.45, 2.75) is 11.3 Å². The Balaban J connectivity index is 1.39. The Morgan fingerprint density at radius 1 is 1.09 bits per heavy atom. The topological polar surface area (TPSA) is 96.6 Å². The smallest absolute Gasteiger partial charge is 0.265 e. The third-order valence-electron chi connectivity index (χ3n) is 5.38. The first-order valence-electron chi connectivity index (χ1n) is 10.8. The second-order valence-electron chi connectivity index (χ2n) is 7.79. The highest BCUT2D eigenvalue weighted by Gasteiger charge is 2.16. The normalized spacial score (nSPS) is 11.5. The van der Waals surface area contributed by atoms with E-state index in [1.165, 1.54) is 33.9 Å². The maximum atomic E-state index is 13.1. The quantitative estimate of drug-likeness (QED) is 0.197. The Bertz CT molecular complexity index is 1610. The van der Waals surface area contributed by atoms with E-state index in [-0.39, 0.29) is 23.1 Å². The predicted octanol–water partition coefficient (Wildman–Crippen LogP) is 4.86. The van der Waals surface area contributed by atoms with Crippen molar-refractivity contribution >= 4 is 56.2 Å². The monoisotopic (exact) mass is 500 g/mol. The average Bonchev–Trinajstić information content (AvgIpc) is 3.29. The molecule has 2 N–H and O–H groups in total. The highest BCUT2D eigenvalue weighted by molar-refractivity contribution is 8.01. The molecule has 3 aromatic carbocycles. The van der Waals surface area contributed by atoms with Gasteiger partial charge in [0.25, 0.3) is 11.5 Å². The lowest BCUT2D eigenvalue weighted by Crippen LogP contribution is -2.21. The molecule has 0 fully saturated rings. The minimum absolute atomic E-state index is 0.146. The van der Waals surface area contributed by atoms with Gasteiger partial charge in [-0.05, 0) is 37.3 Å². The van der Waals surface area contributed by atoms with E-state index in [2.05, 4.69) is 15.5 Å². The molecule has 0 aliphatic heterocycles. The Hall–Kier alpha value is -3.95. The van der Waals surface area contributed by atoms with Crippen LogP contribution in [0.2, 0.25) is 0 Å². The number of hydrazone groups is 1. The molecular formula is C26H20N4O3S2. The Labute approximate surface area is 208 Å². The van der Waals surface area contributed by atoms with Crippen molar-refractivity contribution in [3.63, 3.8) is 0 Å². The number of carbonyl (C=O) groups is 1. The number of para-hydroxylation sites is 1. The summed E-state index contributed by atoms with van der Waals surface area (Å²) in [6.45, 7) is 1.95. The van der Waals surface area contributed by atoms with E-state index < -0.39 is 0 Å². The number of carbonyl (C=O) groups excluding carboxylic acids is 1. The number of pyridine rings is 1. The van der Waals surface area contributed by atoms with Gasteiger partial charge >= 0.3 is 0 Å². The molecule has 5 aromatic rings. The highest BCUT2D eigenvalue weighted by Crippen LogP contribution is 2.29. The molecule has 2 heterocycles. The van der Waals surface area contributed by atoms with Crippen molar-refractivity contribution in [3.05, 3.63) is 94.3 Å². The zero-order valence-corrected chi connectivity index (χ0v) is 20.3. The van der Waals surface area contributed by atoms with Crippen LogP contribution in [0.5, 0.6) is 5.88 Å². The molecule has 0 bridgehead atoms. The molecule has 9 heteroatoms. The summed E-state index contributed by atoms with van der Waals surface area (Å²) in [6, 6.07) is 22.1. The van der Waals surface area contributed by atoms with Crippen LogP contribution in [0, 0.1) is 6.92 Å². The van der Waals surface area contributed by atoms with Crippen molar-refractivity contribution in [1.29, 1.82) is 0 Å². The van der Waals surface area contributed by atoms with Gasteiger partial charge in [0.15, 0.2) is 4.34 Å². The van der Waals surface area contributed by atoms with E-state index in [9.17, 15) is 14.7 Å². The molecule has 0 unspecified atom stereocenters. The molecule has 174 valence electrons. The van der Waals surface area contributed by atoms with Crippen molar-refractivity contribution in [2.24, 2.45) is 5.10 Å². The van der Waals surface area contributed by atoms with Gasteiger partial charge < -0.3 is 5.11 Å². The zero-order valence-electron chi connectivity index (χ0n) is 18.6. The summed E-state index contributed by atoms with van der Waals surface area (Å²) < 4.78 is 3.12. The number of fused-ring (bicyclic) bond motifs is 2. The molecule has 2 aromatic heterocycles. The van der Waals surface area contributed by atoms with Gasteiger partial charge in [0.2, 0.25) is 5.88 Å². The van der Waals surface area contributed by atoms with Crippen LogP contribution in [0.4, 0.5) is 0 Å². The van der Waals surface area contributed by atoms with Gasteiger partial charge in [0.1, 0.15) is 0 Å². The lowest BCUT2D eigenvalue weighted by molar-refractivity contribution is -0.118. The molecule has 0 saturated carbocycles. The molecule has 0 spiro atoms. The molecular weight excluding hydrogens is 480 g/mol. The largest absolute Gasteiger partial charge is 0.494 e. The van der Waals surface area contributed by atoms with Crippen LogP contribution in [0.15, 0.2) is 87.0 Å². The number of amides is 1. The minimum atomic E-state index is -0.338. The third-order valence-corrected chi connectivity index (χ3v) is 7.56. The summed E-state index contributed by atoms with van der Waals surface area (Å²) >= 11 is 2.87. The first-order chi connectivity index (χ1) is 17.0. The summed E-state index contributed by atoms with van der Waals surface area (Å²) in [4.78, 5) is 30.0. The van der Waals surface area contributed by atoms with Crippen LogP contribution in [0.1, 0.15) is 11.1 Å². The second-order valence-corrected chi connectivity index (χ2v) is 10.0. The van der Waals surface area contributed by atoms with Gasteiger partial charge in [-0.1, -0.05) is 59.8 Å². The van der Waals surface area contributed by atoms with Gasteiger partial charge in [0.05, 0.1) is 33.4 Å². The highest BCUT2D eigenvalue weighted by atomic mass is 32.2. The lowest BCUT2D eigenvalue weighted by atomic mass is 10.1. The molecule has 0 radical (unpaired) electrons. The number of thiazole rings is 1. The van der Waals surface area contributed by atoms with E-state index in [0.717, 1.165) is 20.1 Å². The van der Waals surface area contributed by atoms with E-state index >= 15 is 0 Å². The molecule has 7 nitrogen and oxygen atoms in total. The van der Waals surface area contributed by atoms with Crippen LogP contribution in [0.25, 0.3) is 26.7 Å². The number of aryl methyl sites for hydroxylation is 1. The molecule has 1 amide bonds. The number of aromatic hydroxyl groups is 1. The Morgan fingerprint density at radius 3 is 2.57 bits per heavy atom. The number of nitrogens with zero attached hydrogens (tertiary/aromatic N) is 3. The lowest BCUT2D eigenvalue weighted by Gasteiger charge is -2.13. The number of hydrogen-bond acceptors (Lipinski definition) is 7. The van der Waals surface area contributed by atoms with Crippen molar-refractivity contribution < 1.29 is 9.90 Å². The van der Waals surface area contributed by atoms with E-state index in [4.69, 9.17) is 0 Å². The number of hydrogen-bond donors (Lipinski definition) is 2. The molecule has 0 aliphatic rings. The Morgan fingerprint density at radius 2 is 1.80 bits per heavy atom. The van der Waals surface area contributed by atoms with Crippen LogP contribution >= 0.6 is 23.1 Å². The van der Waals surface area contributed by atoms with E-state index in [0.29, 0.717) is 22.0 Å². The predicted molar refractivity (Wildman–Crippen MR) is 142 cm³/mol. The molecule has 5 rings (SSSR count). The summed E-state index contributed by atoms with van der Waals surface area (Å²) in [5.41, 5.74) is 4.97. The molecule has 35 heavy (non-hydrogen) atoms. The first kappa shape index (κ1) is 22.8. The fraction of sp³-hybridized carbons (Fsp3) is 0.0769. The number of benzene rings is 3. The summed E-state index contributed by atoms with van der Waals surface area (Å²) in [5, 5.41) is 16.1. The summed E-state index contributed by atoms with van der Waals surface area (Å²) in [6.07, 6.45) is 1.36. The van der Waals surface area contributed by atoms with Gasteiger partial charge in [-0.15, -0.1) is 11.3 Å². The van der Waals surface area contributed by atoms with Crippen LogP contribution in [-0.4, -0.2) is 32.5 Å². The standard InChI is InChI=1S/C26H20N4O3S2/c1-16-10-12-17(13-11-16)30-24(32)19-7-3-2-6-18(19)20(25(30)33)14-27-29-23(31)15-34-26-28-21-8-4-5-9-22(21)35-26/h2-14,33H,15H2,1H3,(H,29,31). The van der Waals surface area contributed by atoms with Crippen LogP contribution < -0.4 is 11.0 Å². The van der Waals surface area contributed by atoms with E-state index in [1.807, 2.05) is 43.3 Å². The van der Waals surface area contributed by atoms with Gasteiger partial charge in [-0.3, -0.25) is 9.59 Å². The number of thioether (sulfide) groups is 1. The number of nitrogens with one attached hydrogen (secondary N) is 1. The summed E-state index contributed by atoms with van der Waals surface area (Å²) in [5.74, 6) is -0.409. The van der Waals surface area contributed by atoms with E-state index in [1.54, 1.807) is 36.4 Å². The Kier molecular flexibility index (Phi) is 6.35. The first-order valence-corrected chi connectivity index (χ1v) is 12.6. The fourth-order valence-corrected chi connectivity index (χ4v) is 5.52.